The molecule has 1 aliphatic heterocycles. The molecule has 19 heavy (non-hydrogen) atoms. The Morgan fingerprint density at radius 3 is 2.79 bits per heavy atom. The number of fused-ring (bicyclic) bond motifs is 1. The van der Waals surface area contributed by atoms with Crippen molar-refractivity contribution in [1.29, 1.82) is 0 Å². The minimum absolute atomic E-state index is 0. The molecule has 0 radical (unpaired) electrons. The van der Waals surface area contributed by atoms with E-state index in [0.29, 0.717) is 0 Å². The number of ether oxygens (including phenoxy) is 1. The van der Waals surface area contributed by atoms with E-state index in [1.54, 1.807) is 0 Å². The molecule has 0 spiro atoms. The van der Waals surface area contributed by atoms with Gasteiger partial charge in [0.25, 0.3) is 0 Å². The second kappa shape index (κ2) is 6.06. The number of halogens is 1. The van der Waals surface area contributed by atoms with Crippen LogP contribution in [0.25, 0.3) is 0 Å². The van der Waals surface area contributed by atoms with Gasteiger partial charge in [-0.25, -0.2) is 0 Å². The maximum absolute atomic E-state index is 11.2. The molecule has 0 atom stereocenters. The van der Waals surface area contributed by atoms with Gasteiger partial charge in [-0.1, -0.05) is 24.3 Å². The summed E-state index contributed by atoms with van der Waals surface area (Å²) in [5, 5.41) is 3.37. The lowest BCUT2D eigenvalue weighted by Crippen LogP contribution is -2.49. The van der Waals surface area contributed by atoms with Gasteiger partial charge >= 0.3 is 5.97 Å². The maximum Gasteiger partial charge on any atom is 0.327 e. The van der Waals surface area contributed by atoms with Gasteiger partial charge in [0.2, 0.25) is 0 Å². The standard InChI is InChI=1S/C14H18N2O2.ClH/c1-14(2)8-10-6-4-5-7-11(10)13(16-14)15-9-12(17)18-3;/h4-7H,8-9H2,1-3H3,(H,15,16);1H. The molecule has 104 valence electrons. The lowest BCUT2D eigenvalue weighted by atomic mass is 9.87. The summed E-state index contributed by atoms with van der Waals surface area (Å²) in [6, 6.07) is 8.13. The van der Waals surface area contributed by atoms with E-state index in [0.717, 1.165) is 17.8 Å². The van der Waals surface area contributed by atoms with Gasteiger partial charge in [-0.3, -0.25) is 9.79 Å². The van der Waals surface area contributed by atoms with E-state index in [2.05, 4.69) is 35.0 Å². The summed E-state index contributed by atoms with van der Waals surface area (Å²) < 4.78 is 4.61. The van der Waals surface area contributed by atoms with Crippen molar-refractivity contribution < 1.29 is 9.53 Å². The Morgan fingerprint density at radius 2 is 2.11 bits per heavy atom. The normalized spacial score (nSPS) is 17.9. The highest BCUT2D eigenvalue weighted by Gasteiger charge is 2.28. The minimum atomic E-state index is -0.329. The zero-order valence-corrected chi connectivity index (χ0v) is 12.2. The number of amidine groups is 1. The molecular formula is C14H19ClN2O2. The number of carbonyl (C=O) groups is 1. The third kappa shape index (κ3) is 3.70. The number of methoxy groups -OCH3 is 1. The molecule has 0 unspecified atom stereocenters. The van der Waals surface area contributed by atoms with Gasteiger partial charge in [0.05, 0.1) is 7.11 Å². The molecule has 0 amide bonds. The number of nitrogens with zero attached hydrogens (tertiary/aromatic N) is 1. The van der Waals surface area contributed by atoms with Crippen LogP contribution in [0.1, 0.15) is 25.0 Å². The van der Waals surface area contributed by atoms with Crippen molar-refractivity contribution in [3.63, 3.8) is 0 Å². The van der Waals surface area contributed by atoms with E-state index in [4.69, 9.17) is 0 Å². The van der Waals surface area contributed by atoms with E-state index < -0.39 is 0 Å². The van der Waals surface area contributed by atoms with E-state index in [1.807, 2.05) is 18.2 Å². The summed E-state index contributed by atoms with van der Waals surface area (Å²) in [5.41, 5.74) is 2.27. The maximum atomic E-state index is 11.2. The lowest BCUT2D eigenvalue weighted by Gasteiger charge is -2.34. The number of nitrogens with one attached hydrogen (secondary N) is 1. The van der Waals surface area contributed by atoms with Crippen molar-refractivity contribution in [1.82, 2.24) is 5.32 Å². The molecule has 1 aromatic carbocycles. The summed E-state index contributed by atoms with van der Waals surface area (Å²) in [7, 11) is 1.37. The summed E-state index contributed by atoms with van der Waals surface area (Å²) in [6.07, 6.45) is 0.945. The van der Waals surface area contributed by atoms with Crippen LogP contribution in [0.2, 0.25) is 0 Å². The SMILES string of the molecule is COC(=O)CN=C1NC(C)(C)Cc2ccccc21.Cl. The Balaban J connectivity index is 0.00000180. The topological polar surface area (TPSA) is 50.7 Å². The minimum Gasteiger partial charge on any atom is -0.468 e. The molecule has 0 aromatic heterocycles. The molecule has 1 aromatic rings. The molecule has 4 nitrogen and oxygen atoms in total. The smallest absolute Gasteiger partial charge is 0.327 e. The van der Waals surface area contributed by atoms with Gasteiger partial charge in [-0.2, -0.15) is 0 Å². The van der Waals surface area contributed by atoms with Gasteiger partial charge in [-0.05, 0) is 25.8 Å². The van der Waals surface area contributed by atoms with Gasteiger partial charge in [-0.15, -0.1) is 12.4 Å². The lowest BCUT2D eigenvalue weighted by molar-refractivity contribution is -0.138. The Bertz CT molecular complexity index is 498. The van der Waals surface area contributed by atoms with Gasteiger partial charge < -0.3 is 10.1 Å². The second-order valence-corrected chi connectivity index (χ2v) is 5.08. The third-order valence-electron chi connectivity index (χ3n) is 2.96. The highest BCUT2D eigenvalue weighted by molar-refractivity contribution is 6.02. The first kappa shape index (κ1) is 15.5. The molecule has 1 heterocycles. The molecule has 1 N–H and O–H groups in total. The van der Waals surface area contributed by atoms with Crippen LogP contribution in [-0.4, -0.2) is 31.0 Å². The Labute approximate surface area is 119 Å². The number of benzene rings is 1. The fraction of sp³-hybridized carbons (Fsp3) is 0.429. The summed E-state index contributed by atoms with van der Waals surface area (Å²) in [5.74, 6) is 0.442. The highest BCUT2D eigenvalue weighted by Crippen LogP contribution is 2.22. The molecule has 2 rings (SSSR count). The van der Waals surface area contributed by atoms with E-state index >= 15 is 0 Å². The van der Waals surface area contributed by atoms with Crippen LogP contribution in [0.4, 0.5) is 0 Å². The van der Waals surface area contributed by atoms with Crippen LogP contribution in [0.5, 0.6) is 0 Å². The average Bonchev–Trinajstić information content (AvgIpc) is 2.34. The van der Waals surface area contributed by atoms with Crippen molar-refractivity contribution in [3.05, 3.63) is 35.4 Å². The first-order chi connectivity index (χ1) is 8.52. The van der Waals surface area contributed by atoms with Crippen LogP contribution >= 0.6 is 12.4 Å². The Hall–Kier alpha value is -1.55. The predicted molar refractivity (Wildman–Crippen MR) is 78.0 cm³/mol. The monoisotopic (exact) mass is 282 g/mol. The predicted octanol–water partition coefficient (Wildman–Crippen LogP) is 1.95. The second-order valence-electron chi connectivity index (χ2n) is 5.08. The zero-order valence-electron chi connectivity index (χ0n) is 11.4. The van der Waals surface area contributed by atoms with Crippen LogP contribution in [0.3, 0.4) is 0 Å². The van der Waals surface area contributed by atoms with Gasteiger partial charge in [0.1, 0.15) is 12.4 Å². The molecule has 0 saturated carbocycles. The van der Waals surface area contributed by atoms with E-state index in [-0.39, 0.29) is 30.5 Å². The van der Waals surface area contributed by atoms with Crippen LogP contribution in [0, 0.1) is 0 Å². The van der Waals surface area contributed by atoms with Crippen molar-refractivity contribution in [2.45, 2.75) is 25.8 Å². The van der Waals surface area contributed by atoms with Crippen molar-refractivity contribution in [3.8, 4) is 0 Å². The first-order valence-corrected chi connectivity index (χ1v) is 5.99. The summed E-state index contributed by atoms with van der Waals surface area (Å²) in [6.45, 7) is 4.29. The molecular weight excluding hydrogens is 264 g/mol. The largest absolute Gasteiger partial charge is 0.468 e. The van der Waals surface area contributed by atoms with Crippen LogP contribution in [0.15, 0.2) is 29.3 Å². The molecule has 5 heteroatoms. The number of esters is 1. The zero-order chi connectivity index (χ0) is 13.2. The Morgan fingerprint density at radius 1 is 1.42 bits per heavy atom. The summed E-state index contributed by atoms with van der Waals surface area (Å²) in [4.78, 5) is 15.5. The highest BCUT2D eigenvalue weighted by atomic mass is 35.5. The number of hydrogen-bond acceptors (Lipinski definition) is 3. The molecule has 1 aliphatic rings. The molecule has 0 saturated heterocycles. The number of hydrogen-bond donors (Lipinski definition) is 1. The quantitative estimate of drug-likeness (QED) is 0.844. The number of aliphatic imine (C=N–C) groups is 1. The van der Waals surface area contributed by atoms with Crippen molar-refractivity contribution in [2.75, 3.05) is 13.7 Å². The van der Waals surface area contributed by atoms with Crippen molar-refractivity contribution in [2.24, 2.45) is 4.99 Å². The first-order valence-electron chi connectivity index (χ1n) is 5.99. The average molecular weight is 283 g/mol. The fourth-order valence-corrected chi connectivity index (χ4v) is 2.15. The fourth-order valence-electron chi connectivity index (χ4n) is 2.15. The molecule has 0 fully saturated rings. The Kier molecular flexibility index (Phi) is 4.95. The van der Waals surface area contributed by atoms with Crippen LogP contribution < -0.4 is 5.32 Å². The van der Waals surface area contributed by atoms with E-state index in [9.17, 15) is 4.79 Å². The number of rotatable bonds is 2. The van der Waals surface area contributed by atoms with Gasteiger partial charge in [0.15, 0.2) is 0 Å². The molecule has 0 bridgehead atoms. The summed E-state index contributed by atoms with van der Waals surface area (Å²) >= 11 is 0. The van der Waals surface area contributed by atoms with E-state index in [1.165, 1.54) is 12.7 Å². The molecule has 0 aliphatic carbocycles. The third-order valence-corrected chi connectivity index (χ3v) is 2.96. The number of carbonyl (C=O) groups excluding carboxylic acids is 1. The van der Waals surface area contributed by atoms with Crippen LogP contribution in [-0.2, 0) is 16.0 Å². The van der Waals surface area contributed by atoms with Gasteiger partial charge in [0, 0.05) is 11.1 Å². The van der Waals surface area contributed by atoms with Crippen molar-refractivity contribution >= 4 is 24.2 Å².